The molecule has 0 radical (unpaired) electrons. The number of carbonyl (C=O) groups excluding carboxylic acids is 1. The van der Waals surface area contributed by atoms with Crippen molar-refractivity contribution in [3.8, 4) is 33.9 Å². The van der Waals surface area contributed by atoms with Gasteiger partial charge in [-0.05, 0) is 60.5 Å². The number of benzene rings is 3. The van der Waals surface area contributed by atoms with E-state index in [1.807, 2.05) is 13.0 Å². The molecule has 40 heavy (non-hydrogen) atoms. The van der Waals surface area contributed by atoms with Gasteiger partial charge in [-0.3, -0.25) is 4.79 Å². The fourth-order valence-electron chi connectivity index (χ4n) is 4.42. The van der Waals surface area contributed by atoms with Crippen LogP contribution in [0.3, 0.4) is 0 Å². The molecular formula is C29H22F3N5O3. The van der Waals surface area contributed by atoms with Gasteiger partial charge in [-0.25, -0.2) is 15.0 Å². The van der Waals surface area contributed by atoms with Crippen molar-refractivity contribution in [1.82, 2.24) is 15.0 Å². The number of hydrogen-bond donors (Lipinski definition) is 3. The average molecular weight is 546 g/mol. The maximum Gasteiger partial charge on any atom is 0.416 e. The largest absolute Gasteiger partial charge is 0.495 e. The fraction of sp³-hybridized carbons (Fsp3) is 0.103. The number of fused-ring (bicyclic) bond motifs is 1. The zero-order valence-electron chi connectivity index (χ0n) is 21.2. The van der Waals surface area contributed by atoms with Gasteiger partial charge in [0, 0.05) is 46.2 Å². The van der Waals surface area contributed by atoms with Crippen LogP contribution in [0.1, 0.15) is 21.5 Å². The molecule has 0 spiro atoms. The van der Waals surface area contributed by atoms with Crippen molar-refractivity contribution in [3.63, 3.8) is 0 Å². The third kappa shape index (κ3) is 5.08. The number of alkyl halides is 3. The molecule has 202 valence electrons. The first-order valence-corrected chi connectivity index (χ1v) is 11.9. The highest BCUT2D eigenvalue weighted by atomic mass is 19.4. The van der Waals surface area contributed by atoms with Crippen molar-refractivity contribution in [2.45, 2.75) is 13.1 Å². The third-order valence-corrected chi connectivity index (χ3v) is 6.32. The van der Waals surface area contributed by atoms with E-state index in [9.17, 15) is 23.1 Å². The van der Waals surface area contributed by atoms with E-state index < -0.39 is 17.6 Å². The number of halogens is 3. The first kappa shape index (κ1) is 26.4. The van der Waals surface area contributed by atoms with E-state index in [0.717, 1.165) is 17.7 Å². The van der Waals surface area contributed by atoms with Gasteiger partial charge in [0.05, 0.1) is 23.8 Å². The zero-order valence-corrected chi connectivity index (χ0v) is 21.2. The highest BCUT2D eigenvalue weighted by Crippen LogP contribution is 2.44. The van der Waals surface area contributed by atoms with Crippen LogP contribution in [0.5, 0.6) is 11.6 Å². The monoisotopic (exact) mass is 545 g/mol. The van der Waals surface area contributed by atoms with Crippen molar-refractivity contribution >= 4 is 28.4 Å². The predicted octanol–water partition coefficient (Wildman–Crippen LogP) is 6.23. The third-order valence-electron chi connectivity index (χ3n) is 6.32. The first-order chi connectivity index (χ1) is 19.0. The summed E-state index contributed by atoms with van der Waals surface area (Å²) in [7, 11) is 1.49. The highest BCUT2D eigenvalue weighted by molar-refractivity contribution is 6.06. The summed E-state index contributed by atoms with van der Waals surface area (Å²) in [5.41, 5.74) is 8.95. The number of aromatic nitrogens is 3. The number of aromatic hydroxyl groups is 1. The summed E-state index contributed by atoms with van der Waals surface area (Å²) in [6, 6.07) is 14.3. The number of aryl methyl sites for hydroxylation is 1. The van der Waals surface area contributed by atoms with Gasteiger partial charge in [-0.2, -0.15) is 13.2 Å². The second kappa shape index (κ2) is 10.2. The average Bonchev–Trinajstić information content (AvgIpc) is 2.92. The van der Waals surface area contributed by atoms with Crippen LogP contribution in [0.2, 0.25) is 0 Å². The van der Waals surface area contributed by atoms with Gasteiger partial charge in [0.25, 0.3) is 5.91 Å². The van der Waals surface area contributed by atoms with E-state index in [1.54, 1.807) is 30.5 Å². The second-order valence-electron chi connectivity index (χ2n) is 8.97. The molecule has 2 aromatic heterocycles. The van der Waals surface area contributed by atoms with Crippen LogP contribution in [0.25, 0.3) is 33.2 Å². The molecule has 0 aliphatic heterocycles. The molecule has 5 rings (SSSR count). The molecule has 0 fully saturated rings. The molecule has 0 atom stereocenters. The molecule has 3 aromatic carbocycles. The van der Waals surface area contributed by atoms with Crippen LogP contribution < -0.4 is 15.8 Å². The van der Waals surface area contributed by atoms with E-state index in [0.29, 0.717) is 38.9 Å². The van der Waals surface area contributed by atoms with Gasteiger partial charge < -0.3 is 20.9 Å². The van der Waals surface area contributed by atoms with Crippen LogP contribution >= 0.6 is 0 Å². The Bertz CT molecular complexity index is 1760. The number of amides is 1. The summed E-state index contributed by atoms with van der Waals surface area (Å²) in [6.45, 7) is 1.86. The van der Waals surface area contributed by atoms with Gasteiger partial charge in [0.1, 0.15) is 5.75 Å². The Hall–Kier alpha value is -5.19. The van der Waals surface area contributed by atoms with Crippen LogP contribution in [0.15, 0.2) is 73.1 Å². The molecule has 8 nitrogen and oxygen atoms in total. The summed E-state index contributed by atoms with van der Waals surface area (Å²) < 4.78 is 45.3. The summed E-state index contributed by atoms with van der Waals surface area (Å²) in [4.78, 5) is 25.6. The summed E-state index contributed by atoms with van der Waals surface area (Å²) in [5.74, 6) is -0.275. The summed E-state index contributed by atoms with van der Waals surface area (Å²) in [6.07, 6.45) is -1.50. The molecule has 0 unspecified atom stereocenters. The predicted molar refractivity (Wildman–Crippen MR) is 145 cm³/mol. The minimum atomic E-state index is -4.54. The van der Waals surface area contributed by atoms with Gasteiger partial charge >= 0.3 is 6.18 Å². The zero-order chi connectivity index (χ0) is 28.6. The molecule has 1 amide bonds. The number of ether oxygens (including phenoxy) is 1. The molecule has 4 N–H and O–H groups in total. The van der Waals surface area contributed by atoms with Crippen molar-refractivity contribution in [2.75, 3.05) is 18.2 Å². The standard InChI is InChI=1S/C29H22F3N5O3/c1-15-6-7-16(27(39)36-20-5-3-4-19(12-20)29(30,31)32)10-21(15)22-11-18-14-35-28(33)37-25(18)24(26(22)40-2)17-8-9-23(38)34-13-17/h3-14H,1-2H3,(H,34,38)(H,36,39)(H2,33,35,37). The maximum atomic E-state index is 13.1. The van der Waals surface area contributed by atoms with Crippen LogP contribution in [-0.2, 0) is 6.18 Å². The molecular weight excluding hydrogens is 523 g/mol. The Balaban J connectivity index is 1.64. The Kier molecular flexibility index (Phi) is 6.72. The van der Waals surface area contributed by atoms with Crippen molar-refractivity contribution in [3.05, 3.63) is 89.7 Å². The molecule has 0 bridgehead atoms. The Morgan fingerprint density at radius 3 is 2.50 bits per heavy atom. The Morgan fingerprint density at radius 2 is 1.80 bits per heavy atom. The number of rotatable bonds is 5. The first-order valence-electron chi connectivity index (χ1n) is 11.9. The van der Waals surface area contributed by atoms with Crippen molar-refractivity contribution in [1.29, 1.82) is 0 Å². The fourth-order valence-corrected chi connectivity index (χ4v) is 4.42. The Labute approximate surface area is 226 Å². The van der Waals surface area contributed by atoms with Crippen LogP contribution in [0.4, 0.5) is 24.8 Å². The van der Waals surface area contributed by atoms with E-state index in [-0.39, 0.29) is 23.1 Å². The smallest absolute Gasteiger partial charge is 0.416 e. The number of nitrogens with one attached hydrogen (secondary N) is 1. The minimum Gasteiger partial charge on any atom is -0.495 e. The molecule has 11 heteroatoms. The van der Waals surface area contributed by atoms with Crippen molar-refractivity contribution < 1.29 is 27.8 Å². The van der Waals surface area contributed by atoms with Gasteiger partial charge in [-0.15, -0.1) is 0 Å². The number of hydrogen-bond acceptors (Lipinski definition) is 7. The number of carbonyl (C=O) groups is 1. The normalized spacial score (nSPS) is 11.4. The van der Waals surface area contributed by atoms with Crippen LogP contribution in [0, 0.1) is 6.92 Å². The quantitative estimate of drug-likeness (QED) is 0.239. The maximum absolute atomic E-state index is 13.1. The molecule has 0 aliphatic rings. The topological polar surface area (TPSA) is 123 Å². The summed E-state index contributed by atoms with van der Waals surface area (Å²) >= 11 is 0. The van der Waals surface area contributed by atoms with Crippen LogP contribution in [-0.4, -0.2) is 33.1 Å². The Morgan fingerprint density at radius 1 is 1.00 bits per heavy atom. The molecule has 0 aliphatic carbocycles. The lowest BCUT2D eigenvalue weighted by molar-refractivity contribution is -0.137. The lowest BCUT2D eigenvalue weighted by atomic mass is 9.91. The van der Waals surface area contributed by atoms with E-state index in [4.69, 9.17) is 10.5 Å². The number of nitrogens with zero attached hydrogens (tertiary/aromatic N) is 3. The number of pyridine rings is 1. The van der Waals surface area contributed by atoms with E-state index in [1.165, 1.54) is 31.5 Å². The summed E-state index contributed by atoms with van der Waals surface area (Å²) in [5, 5.41) is 12.9. The van der Waals surface area contributed by atoms with Gasteiger partial charge in [0.2, 0.25) is 11.8 Å². The number of anilines is 2. The number of nitrogens with two attached hydrogens (primary N) is 1. The lowest BCUT2D eigenvalue weighted by Gasteiger charge is -2.18. The second-order valence-corrected chi connectivity index (χ2v) is 8.97. The SMILES string of the molecule is COc1c(-c2cc(C(=O)Nc3cccc(C(F)(F)F)c3)ccc2C)cc2cnc(N)nc2c1-c1ccc(O)nc1. The highest BCUT2D eigenvalue weighted by Gasteiger charge is 2.30. The molecule has 0 saturated heterocycles. The minimum absolute atomic E-state index is 0.0158. The number of methoxy groups -OCH3 is 1. The lowest BCUT2D eigenvalue weighted by Crippen LogP contribution is -2.13. The van der Waals surface area contributed by atoms with E-state index in [2.05, 4.69) is 20.3 Å². The van der Waals surface area contributed by atoms with Gasteiger partial charge in [-0.1, -0.05) is 12.1 Å². The molecule has 5 aromatic rings. The molecule has 2 heterocycles. The number of nitrogen functional groups attached to an aromatic ring is 1. The van der Waals surface area contributed by atoms with Gasteiger partial charge in [0.15, 0.2) is 0 Å². The van der Waals surface area contributed by atoms with Crippen molar-refractivity contribution in [2.24, 2.45) is 0 Å². The van der Waals surface area contributed by atoms with E-state index >= 15 is 0 Å². The molecule has 0 saturated carbocycles.